The second-order valence-electron chi connectivity index (χ2n) is 7.74. The molecule has 3 rings (SSSR count). The number of carbonyl (C=O) groups is 1. The summed E-state index contributed by atoms with van der Waals surface area (Å²) in [6.07, 6.45) is 3.83. The molecular formula is C21H22N4O5. The van der Waals surface area contributed by atoms with E-state index in [9.17, 15) is 14.9 Å². The smallest absolute Gasteiger partial charge is 0.428 e. The molecule has 9 heteroatoms. The van der Waals surface area contributed by atoms with Gasteiger partial charge in [-0.2, -0.15) is 5.10 Å². The van der Waals surface area contributed by atoms with Gasteiger partial charge < -0.3 is 9.47 Å². The first-order valence-electron chi connectivity index (χ1n) is 9.29. The molecule has 1 aromatic carbocycles. The fourth-order valence-corrected chi connectivity index (χ4v) is 2.66. The van der Waals surface area contributed by atoms with E-state index < -0.39 is 17.2 Å². The van der Waals surface area contributed by atoms with Crippen molar-refractivity contribution in [1.82, 2.24) is 14.8 Å². The predicted octanol–water partition coefficient (Wildman–Crippen LogP) is 4.48. The summed E-state index contributed by atoms with van der Waals surface area (Å²) in [7, 11) is 0. The molecule has 0 saturated carbocycles. The molecule has 9 nitrogen and oxygen atoms in total. The third-order valence-electron chi connectivity index (χ3n) is 4.40. The van der Waals surface area contributed by atoms with Crippen LogP contribution in [0.1, 0.15) is 20.8 Å². The highest BCUT2D eigenvalue weighted by Gasteiger charge is 2.30. The molecule has 0 spiro atoms. The molecule has 0 fully saturated rings. The van der Waals surface area contributed by atoms with Crippen molar-refractivity contribution in [3.05, 3.63) is 71.2 Å². The first kappa shape index (κ1) is 21.0. The van der Waals surface area contributed by atoms with Crippen LogP contribution in [-0.2, 0) is 11.3 Å². The van der Waals surface area contributed by atoms with Gasteiger partial charge in [0.2, 0.25) is 0 Å². The zero-order valence-corrected chi connectivity index (χ0v) is 16.9. The Hall–Kier alpha value is -3.75. The molecule has 0 bridgehead atoms. The maximum atomic E-state index is 12.3. The van der Waals surface area contributed by atoms with Crippen molar-refractivity contribution in [1.29, 1.82) is 0 Å². The summed E-state index contributed by atoms with van der Waals surface area (Å²) in [5.41, 5.74) is 1.19. The molecule has 156 valence electrons. The highest BCUT2D eigenvalue weighted by atomic mass is 16.7. The van der Waals surface area contributed by atoms with Crippen LogP contribution in [0.2, 0.25) is 0 Å². The fraction of sp³-hybridized carbons (Fsp3) is 0.286. The van der Waals surface area contributed by atoms with E-state index >= 15 is 0 Å². The van der Waals surface area contributed by atoms with Crippen LogP contribution in [0, 0.1) is 15.5 Å². The highest BCUT2D eigenvalue weighted by Crippen LogP contribution is 2.26. The van der Waals surface area contributed by atoms with Crippen LogP contribution in [0.15, 0.2) is 61.1 Å². The van der Waals surface area contributed by atoms with Crippen LogP contribution >= 0.6 is 0 Å². The number of nitro groups is 1. The van der Waals surface area contributed by atoms with E-state index in [2.05, 4.69) is 10.1 Å². The number of hydrogen-bond donors (Lipinski definition) is 0. The van der Waals surface area contributed by atoms with Crippen molar-refractivity contribution >= 4 is 11.8 Å². The Morgan fingerprint density at radius 2 is 1.93 bits per heavy atom. The van der Waals surface area contributed by atoms with Gasteiger partial charge in [-0.1, -0.05) is 20.8 Å². The summed E-state index contributed by atoms with van der Waals surface area (Å²) < 4.78 is 12.4. The quantitative estimate of drug-likeness (QED) is 0.255. The molecule has 0 amide bonds. The number of nitrogens with zero attached hydrogens (tertiary/aromatic N) is 4. The van der Waals surface area contributed by atoms with Crippen molar-refractivity contribution in [2.45, 2.75) is 33.4 Å². The van der Waals surface area contributed by atoms with E-state index in [4.69, 9.17) is 9.47 Å². The molecule has 0 radical (unpaired) electrons. The summed E-state index contributed by atoms with van der Waals surface area (Å²) in [6.45, 7) is 6.17. The third-order valence-corrected chi connectivity index (χ3v) is 4.40. The number of carbonyl (C=O) groups excluding carboxylic acids is 1. The third kappa shape index (κ3) is 5.40. The second kappa shape index (κ2) is 8.73. The maximum absolute atomic E-state index is 12.3. The molecule has 1 unspecified atom stereocenters. The summed E-state index contributed by atoms with van der Waals surface area (Å²) in [5.74, 6) is 0.163. The molecule has 30 heavy (non-hydrogen) atoms. The first-order valence-corrected chi connectivity index (χ1v) is 9.29. The van der Waals surface area contributed by atoms with Crippen LogP contribution in [0.5, 0.6) is 5.75 Å². The minimum atomic E-state index is -0.886. The van der Waals surface area contributed by atoms with Crippen molar-refractivity contribution < 1.29 is 19.2 Å². The van der Waals surface area contributed by atoms with Gasteiger partial charge in [0.1, 0.15) is 11.9 Å². The summed E-state index contributed by atoms with van der Waals surface area (Å²) in [5, 5.41) is 15.2. The molecule has 0 aliphatic heterocycles. The van der Waals surface area contributed by atoms with E-state index in [1.807, 2.05) is 45.2 Å². The van der Waals surface area contributed by atoms with E-state index in [1.165, 1.54) is 24.3 Å². The Labute approximate surface area is 173 Å². The first-order chi connectivity index (χ1) is 14.2. The topological polar surface area (TPSA) is 109 Å². The van der Waals surface area contributed by atoms with Crippen molar-refractivity contribution in [2.24, 2.45) is 5.41 Å². The molecule has 0 N–H and O–H groups in total. The molecular weight excluding hydrogens is 388 g/mol. The van der Waals surface area contributed by atoms with E-state index in [-0.39, 0.29) is 16.9 Å². The maximum Gasteiger partial charge on any atom is 0.514 e. The molecule has 1 atom stereocenters. The minimum absolute atomic E-state index is 0.0913. The lowest BCUT2D eigenvalue weighted by atomic mass is 9.89. The number of pyridine rings is 1. The minimum Gasteiger partial charge on any atom is -0.428 e. The van der Waals surface area contributed by atoms with E-state index in [0.29, 0.717) is 6.54 Å². The Morgan fingerprint density at radius 3 is 2.53 bits per heavy atom. The van der Waals surface area contributed by atoms with Gasteiger partial charge in [0.05, 0.1) is 17.2 Å². The van der Waals surface area contributed by atoms with Gasteiger partial charge in [-0.25, -0.2) is 4.79 Å². The highest BCUT2D eigenvalue weighted by molar-refractivity contribution is 5.64. The van der Waals surface area contributed by atoms with Crippen LogP contribution in [0.3, 0.4) is 0 Å². The molecule has 0 aliphatic rings. The SMILES string of the molecule is CC(C)(C)C(Cn1ccc(-c2cccnc2)n1)OC(=O)Oc1ccc([N+](=O)[O-])cc1. The summed E-state index contributed by atoms with van der Waals surface area (Å²) in [4.78, 5) is 26.6. The molecule has 3 aromatic rings. The van der Waals surface area contributed by atoms with Gasteiger partial charge >= 0.3 is 6.16 Å². The molecule has 0 aliphatic carbocycles. The van der Waals surface area contributed by atoms with Gasteiger partial charge in [0.15, 0.2) is 0 Å². The van der Waals surface area contributed by atoms with Gasteiger partial charge in [-0.15, -0.1) is 0 Å². The lowest BCUT2D eigenvalue weighted by Gasteiger charge is -2.29. The Morgan fingerprint density at radius 1 is 1.20 bits per heavy atom. The van der Waals surface area contributed by atoms with Crippen LogP contribution < -0.4 is 4.74 Å². The average Bonchev–Trinajstić information content (AvgIpc) is 3.16. The van der Waals surface area contributed by atoms with Crippen LogP contribution in [0.25, 0.3) is 11.3 Å². The second-order valence-corrected chi connectivity index (χ2v) is 7.74. The molecule has 0 saturated heterocycles. The fourth-order valence-electron chi connectivity index (χ4n) is 2.66. The molecule has 2 heterocycles. The van der Waals surface area contributed by atoms with E-state index in [1.54, 1.807) is 17.1 Å². The van der Waals surface area contributed by atoms with Gasteiger partial charge in [0.25, 0.3) is 5.69 Å². The normalized spacial score (nSPS) is 12.2. The Kier molecular flexibility index (Phi) is 6.10. The largest absolute Gasteiger partial charge is 0.514 e. The van der Waals surface area contributed by atoms with Gasteiger partial charge in [-0.05, 0) is 30.3 Å². The lowest BCUT2D eigenvalue weighted by molar-refractivity contribution is -0.384. The van der Waals surface area contributed by atoms with Crippen molar-refractivity contribution in [2.75, 3.05) is 0 Å². The standard InChI is InChI=1S/C21H22N4O5/c1-21(2,3)19(14-24-12-10-18(23-24)15-5-4-11-22-13-15)30-20(26)29-17-8-6-16(7-9-17)25(27)28/h4-13,19H,14H2,1-3H3. The van der Waals surface area contributed by atoms with Gasteiger partial charge in [0, 0.05) is 41.7 Å². The number of ether oxygens (including phenoxy) is 2. The Bertz CT molecular complexity index is 1010. The number of hydrogen-bond acceptors (Lipinski definition) is 7. The number of nitro benzene ring substituents is 1. The van der Waals surface area contributed by atoms with Crippen LogP contribution in [-0.4, -0.2) is 31.9 Å². The number of non-ortho nitro benzene ring substituents is 1. The lowest BCUT2D eigenvalue weighted by Crippen LogP contribution is -2.36. The number of benzene rings is 1. The zero-order valence-electron chi connectivity index (χ0n) is 16.9. The van der Waals surface area contributed by atoms with Crippen molar-refractivity contribution in [3.63, 3.8) is 0 Å². The van der Waals surface area contributed by atoms with Crippen molar-refractivity contribution in [3.8, 4) is 17.0 Å². The monoisotopic (exact) mass is 410 g/mol. The van der Waals surface area contributed by atoms with Gasteiger partial charge in [-0.3, -0.25) is 19.8 Å². The zero-order chi connectivity index (χ0) is 21.7. The Balaban J connectivity index is 1.67. The number of aromatic nitrogens is 3. The van der Waals surface area contributed by atoms with Crippen LogP contribution in [0.4, 0.5) is 10.5 Å². The van der Waals surface area contributed by atoms with E-state index in [0.717, 1.165) is 11.3 Å². The predicted molar refractivity (Wildman–Crippen MR) is 109 cm³/mol. The number of rotatable bonds is 6. The summed E-state index contributed by atoms with van der Waals surface area (Å²) in [6, 6.07) is 10.8. The average molecular weight is 410 g/mol. The molecule has 2 aromatic heterocycles. The summed E-state index contributed by atoms with van der Waals surface area (Å²) >= 11 is 0.